The Balaban J connectivity index is 2.34. The molecule has 0 bridgehead atoms. The van der Waals surface area contributed by atoms with E-state index in [0.717, 1.165) is 30.2 Å². The van der Waals surface area contributed by atoms with Gasteiger partial charge in [0.25, 0.3) is 0 Å². The maximum absolute atomic E-state index is 5.84. The highest BCUT2D eigenvalue weighted by Crippen LogP contribution is 2.17. The molecule has 1 rings (SSSR count). The van der Waals surface area contributed by atoms with Crippen molar-refractivity contribution in [2.75, 3.05) is 6.54 Å². The molecule has 0 spiro atoms. The van der Waals surface area contributed by atoms with Crippen molar-refractivity contribution < 1.29 is 4.74 Å². The van der Waals surface area contributed by atoms with Gasteiger partial charge in [0.05, 0.1) is 17.9 Å². The highest BCUT2D eigenvalue weighted by atomic mass is 32.1. The Labute approximate surface area is 115 Å². The van der Waals surface area contributed by atoms with Crippen molar-refractivity contribution in [1.29, 1.82) is 0 Å². The second-order valence-electron chi connectivity index (χ2n) is 5.66. The van der Waals surface area contributed by atoms with Gasteiger partial charge in [-0.3, -0.25) is 0 Å². The Morgan fingerprint density at radius 2 is 2.17 bits per heavy atom. The van der Waals surface area contributed by atoms with E-state index in [1.165, 1.54) is 0 Å². The molecule has 0 aromatic carbocycles. The molecule has 0 amide bonds. The molecular weight excluding hydrogens is 244 g/mol. The number of ether oxygens (including phenoxy) is 1. The zero-order valence-electron chi connectivity index (χ0n) is 12.2. The lowest BCUT2D eigenvalue weighted by atomic mass is 10.1. The first kappa shape index (κ1) is 15.6. The van der Waals surface area contributed by atoms with E-state index < -0.39 is 0 Å². The molecule has 18 heavy (non-hydrogen) atoms. The van der Waals surface area contributed by atoms with Crippen LogP contribution in [0.1, 0.15) is 51.7 Å². The van der Waals surface area contributed by atoms with Crippen molar-refractivity contribution in [3.05, 3.63) is 16.1 Å². The summed E-state index contributed by atoms with van der Waals surface area (Å²) in [7, 11) is 0. The number of aromatic nitrogens is 1. The summed E-state index contributed by atoms with van der Waals surface area (Å²) < 4.78 is 5.84. The molecule has 1 N–H and O–H groups in total. The van der Waals surface area contributed by atoms with Crippen LogP contribution in [-0.4, -0.2) is 17.1 Å². The number of thiazole rings is 1. The van der Waals surface area contributed by atoms with Gasteiger partial charge in [0.2, 0.25) is 0 Å². The van der Waals surface area contributed by atoms with Gasteiger partial charge in [-0.25, -0.2) is 4.98 Å². The SMILES string of the molecule is CCC(C)(C)OCc1csc(CNCC(C)C)n1. The predicted octanol–water partition coefficient (Wildman–Crippen LogP) is 3.59. The van der Waals surface area contributed by atoms with E-state index in [1.807, 2.05) is 0 Å². The van der Waals surface area contributed by atoms with Gasteiger partial charge in [-0.15, -0.1) is 11.3 Å². The number of nitrogens with zero attached hydrogens (tertiary/aromatic N) is 1. The lowest BCUT2D eigenvalue weighted by Gasteiger charge is -2.22. The third-order valence-corrected chi connectivity index (χ3v) is 3.79. The van der Waals surface area contributed by atoms with Crippen LogP contribution in [-0.2, 0) is 17.9 Å². The second kappa shape index (κ2) is 7.22. The monoisotopic (exact) mass is 270 g/mol. The van der Waals surface area contributed by atoms with Gasteiger partial charge in [0, 0.05) is 11.9 Å². The Morgan fingerprint density at radius 1 is 1.44 bits per heavy atom. The quantitative estimate of drug-likeness (QED) is 0.784. The topological polar surface area (TPSA) is 34.1 Å². The average molecular weight is 270 g/mol. The fraction of sp³-hybridized carbons (Fsp3) is 0.786. The first-order valence-electron chi connectivity index (χ1n) is 6.71. The van der Waals surface area contributed by atoms with Crippen LogP contribution in [0.5, 0.6) is 0 Å². The highest BCUT2D eigenvalue weighted by Gasteiger charge is 2.15. The Bertz CT molecular complexity index is 347. The minimum atomic E-state index is -0.0559. The highest BCUT2D eigenvalue weighted by molar-refractivity contribution is 7.09. The number of rotatable bonds is 8. The molecule has 0 fully saturated rings. The maximum Gasteiger partial charge on any atom is 0.107 e. The Morgan fingerprint density at radius 3 is 2.78 bits per heavy atom. The summed E-state index contributed by atoms with van der Waals surface area (Å²) in [6, 6.07) is 0. The van der Waals surface area contributed by atoms with E-state index in [2.05, 4.69) is 50.3 Å². The largest absolute Gasteiger partial charge is 0.369 e. The van der Waals surface area contributed by atoms with Gasteiger partial charge in [-0.1, -0.05) is 20.8 Å². The van der Waals surface area contributed by atoms with Crippen LogP contribution >= 0.6 is 11.3 Å². The Hall–Kier alpha value is -0.450. The fourth-order valence-electron chi connectivity index (χ4n) is 1.34. The van der Waals surface area contributed by atoms with Crippen LogP contribution < -0.4 is 5.32 Å². The van der Waals surface area contributed by atoms with Crippen molar-refractivity contribution in [3.8, 4) is 0 Å². The molecule has 104 valence electrons. The molecular formula is C14H26N2OS. The minimum Gasteiger partial charge on any atom is -0.369 e. The normalized spacial score (nSPS) is 12.3. The molecule has 0 aliphatic heterocycles. The van der Waals surface area contributed by atoms with Crippen molar-refractivity contribution in [1.82, 2.24) is 10.3 Å². The molecule has 0 aliphatic rings. The van der Waals surface area contributed by atoms with Crippen LogP contribution in [0.2, 0.25) is 0 Å². The summed E-state index contributed by atoms with van der Waals surface area (Å²) in [6.07, 6.45) is 1.01. The first-order valence-corrected chi connectivity index (χ1v) is 7.59. The molecule has 4 heteroatoms. The molecule has 1 aromatic rings. The van der Waals surface area contributed by atoms with Crippen LogP contribution in [0, 0.1) is 5.92 Å². The van der Waals surface area contributed by atoms with Crippen molar-refractivity contribution in [2.45, 2.75) is 59.8 Å². The van der Waals surface area contributed by atoms with Gasteiger partial charge < -0.3 is 10.1 Å². The third-order valence-electron chi connectivity index (χ3n) is 2.89. The van der Waals surface area contributed by atoms with Gasteiger partial charge in [0.15, 0.2) is 0 Å². The van der Waals surface area contributed by atoms with E-state index in [-0.39, 0.29) is 5.60 Å². The van der Waals surface area contributed by atoms with Gasteiger partial charge in [-0.05, 0) is 32.7 Å². The predicted molar refractivity (Wildman–Crippen MR) is 77.8 cm³/mol. The lowest BCUT2D eigenvalue weighted by Crippen LogP contribution is -2.22. The summed E-state index contributed by atoms with van der Waals surface area (Å²) in [4.78, 5) is 4.58. The first-order chi connectivity index (χ1) is 8.43. The summed E-state index contributed by atoms with van der Waals surface area (Å²) in [5.74, 6) is 0.679. The molecule has 0 radical (unpaired) electrons. The van der Waals surface area contributed by atoms with Gasteiger partial charge in [-0.2, -0.15) is 0 Å². The van der Waals surface area contributed by atoms with E-state index in [1.54, 1.807) is 11.3 Å². The molecule has 3 nitrogen and oxygen atoms in total. The van der Waals surface area contributed by atoms with Gasteiger partial charge in [0.1, 0.15) is 5.01 Å². The standard InChI is InChI=1S/C14H26N2OS/c1-6-14(4,5)17-9-12-10-18-13(16-12)8-15-7-11(2)3/h10-11,15H,6-9H2,1-5H3. The second-order valence-corrected chi connectivity index (χ2v) is 6.60. The number of hydrogen-bond acceptors (Lipinski definition) is 4. The average Bonchev–Trinajstić information content (AvgIpc) is 2.74. The van der Waals surface area contributed by atoms with Crippen LogP contribution in [0.4, 0.5) is 0 Å². The summed E-state index contributed by atoms with van der Waals surface area (Å²) in [5, 5.41) is 6.64. The van der Waals surface area contributed by atoms with E-state index in [4.69, 9.17) is 4.74 Å². The van der Waals surface area contributed by atoms with E-state index >= 15 is 0 Å². The molecule has 0 atom stereocenters. The Kier molecular flexibility index (Phi) is 6.26. The molecule has 1 heterocycles. The number of hydrogen-bond donors (Lipinski definition) is 1. The van der Waals surface area contributed by atoms with Crippen LogP contribution in [0.15, 0.2) is 5.38 Å². The van der Waals surface area contributed by atoms with Crippen LogP contribution in [0.3, 0.4) is 0 Å². The maximum atomic E-state index is 5.84. The third kappa shape index (κ3) is 5.94. The fourth-order valence-corrected chi connectivity index (χ4v) is 2.08. The molecule has 0 saturated heterocycles. The zero-order valence-corrected chi connectivity index (χ0v) is 13.1. The van der Waals surface area contributed by atoms with Crippen molar-refractivity contribution >= 4 is 11.3 Å². The zero-order chi connectivity index (χ0) is 13.6. The van der Waals surface area contributed by atoms with Crippen molar-refractivity contribution in [3.63, 3.8) is 0 Å². The van der Waals surface area contributed by atoms with Crippen LogP contribution in [0.25, 0.3) is 0 Å². The number of nitrogens with one attached hydrogen (secondary N) is 1. The summed E-state index contributed by atoms with van der Waals surface area (Å²) >= 11 is 1.71. The molecule has 0 unspecified atom stereocenters. The summed E-state index contributed by atoms with van der Waals surface area (Å²) in [5.41, 5.74) is 0.988. The summed E-state index contributed by atoms with van der Waals surface area (Å²) in [6.45, 7) is 13.3. The molecule has 0 aliphatic carbocycles. The molecule has 0 saturated carbocycles. The smallest absolute Gasteiger partial charge is 0.107 e. The van der Waals surface area contributed by atoms with Gasteiger partial charge >= 0.3 is 0 Å². The lowest BCUT2D eigenvalue weighted by molar-refractivity contribution is -0.0328. The van der Waals surface area contributed by atoms with E-state index in [9.17, 15) is 0 Å². The minimum absolute atomic E-state index is 0.0559. The van der Waals surface area contributed by atoms with Crippen molar-refractivity contribution in [2.24, 2.45) is 5.92 Å². The van der Waals surface area contributed by atoms with E-state index in [0.29, 0.717) is 12.5 Å². The molecule has 1 aromatic heterocycles.